The summed E-state index contributed by atoms with van der Waals surface area (Å²) in [6, 6.07) is 7.79. The predicted octanol–water partition coefficient (Wildman–Crippen LogP) is 2.31. The number of nitrogens with zero attached hydrogens (tertiary/aromatic N) is 1. The quantitative estimate of drug-likeness (QED) is 0.860. The van der Waals surface area contributed by atoms with Crippen molar-refractivity contribution in [1.82, 2.24) is 0 Å². The Labute approximate surface area is 111 Å². The van der Waals surface area contributed by atoms with Crippen LogP contribution in [-0.4, -0.2) is 16.8 Å². The number of hydrogen-bond acceptors (Lipinski definition) is 4. The molecule has 4 nitrogen and oxygen atoms in total. The number of amidine groups is 1. The highest BCUT2D eigenvalue weighted by Crippen LogP contribution is 2.35. The van der Waals surface area contributed by atoms with Gasteiger partial charge in [-0.2, -0.15) is 0 Å². The minimum absolute atomic E-state index is 0.0645. The summed E-state index contributed by atoms with van der Waals surface area (Å²) in [4.78, 5) is 15.5. The molecule has 18 heavy (non-hydrogen) atoms. The van der Waals surface area contributed by atoms with Gasteiger partial charge in [-0.25, -0.2) is 0 Å². The molecule has 5 heteroatoms. The molecule has 1 aromatic carbocycles. The molecule has 0 radical (unpaired) electrons. The first-order chi connectivity index (χ1) is 8.49. The number of aliphatic imine (C=N–C) groups is 1. The van der Waals surface area contributed by atoms with Crippen molar-refractivity contribution in [3.63, 3.8) is 0 Å². The number of nitrogens with one attached hydrogen (secondary N) is 1. The Bertz CT molecular complexity index is 484. The lowest BCUT2D eigenvalue weighted by Crippen LogP contribution is -2.28. The summed E-state index contributed by atoms with van der Waals surface area (Å²) in [7, 11) is 0. The van der Waals surface area contributed by atoms with Crippen LogP contribution in [0.4, 0.5) is 5.69 Å². The highest BCUT2D eigenvalue weighted by atomic mass is 32.2. The van der Waals surface area contributed by atoms with E-state index in [1.807, 2.05) is 24.3 Å². The molecular weight excluding hydrogens is 246 g/mol. The fourth-order valence-electron chi connectivity index (χ4n) is 2.01. The summed E-state index contributed by atoms with van der Waals surface area (Å²) in [5, 5.41) is 3.40. The second-order valence-corrected chi connectivity index (χ2v) is 5.70. The lowest BCUT2D eigenvalue weighted by atomic mass is 9.90. The number of thioether (sulfide) groups is 1. The van der Waals surface area contributed by atoms with Crippen molar-refractivity contribution in [2.45, 2.75) is 25.8 Å². The molecular formula is C13H17N3OS. The predicted molar refractivity (Wildman–Crippen MR) is 76.8 cm³/mol. The molecule has 1 unspecified atom stereocenters. The Morgan fingerprint density at radius 1 is 1.44 bits per heavy atom. The Kier molecular flexibility index (Phi) is 3.61. The molecule has 0 aliphatic carbocycles. The van der Waals surface area contributed by atoms with Gasteiger partial charge >= 0.3 is 0 Å². The minimum Gasteiger partial charge on any atom is -0.379 e. The van der Waals surface area contributed by atoms with Crippen LogP contribution < -0.4 is 11.1 Å². The zero-order valence-electron chi connectivity index (χ0n) is 10.6. The van der Waals surface area contributed by atoms with Crippen LogP contribution in [0.15, 0.2) is 29.3 Å². The molecule has 1 heterocycles. The van der Waals surface area contributed by atoms with E-state index in [0.717, 1.165) is 23.4 Å². The van der Waals surface area contributed by atoms with Gasteiger partial charge in [0.25, 0.3) is 0 Å². The van der Waals surface area contributed by atoms with Crippen molar-refractivity contribution in [2.24, 2.45) is 10.7 Å². The summed E-state index contributed by atoms with van der Waals surface area (Å²) >= 11 is 1.60. The van der Waals surface area contributed by atoms with Crippen LogP contribution in [0, 0.1) is 0 Å². The normalized spacial score (nSPS) is 23.3. The van der Waals surface area contributed by atoms with E-state index in [1.54, 1.807) is 11.8 Å². The third-order valence-electron chi connectivity index (χ3n) is 3.02. The molecule has 1 aromatic rings. The average Bonchev–Trinajstić information content (AvgIpc) is 2.28. The van der Waals surface area contributed by atoms with Crippen molar-refractivity contribution < 1.29 is 4.79 Å². The molecule has 2 rings (SSSR count). The number of rotatable bonds is 2. The van der Waals surface area contributed by atoms with E-state index >= 15 is 0 Å². The molecule has 1 atom stereocenters. The van der Waals surface area contributed by atoms with Gasteiger partial charge in [-0.15, -0.1) is 0 Å². The Hall–Kier alpha value is -1.49. The second-order valence-electron chi connectivity index (χ2n) is 4.58. The van der Waals surface area contributed by atoms with E-state index in [4.69, 9.17) is 5.73 Å². The van der Waals surface area contributed by atoms with Crippen LogP contribution in [0.1, 0.15) is 25.8 Å². The number of carbonyl (C=O) groups is 1. The summed E-state index contributed by atoms with van der Waals surface area (Å²) in [6.45, 7) is 3.59. The van der Waals surface area contributed by atoms with Crippen molar-refractivity contribution in [2.75, 3.05) is 11.1 Å². The second kappa shape index (κ2) is 5.02. The number of carbonyl (C=O) groups excluding carboxylic acids is 1. The third-order valence-corrected chi connectivity index (χ3v) is 3.82. The molecule has 0 spiro atoms. The van der Waals surface area contributed by atoms with Crippen molar-refractivity contribution >= 4 is 28.5 Å². The maximum Gasteiger partial charge on any atom is 0.221 e. The van der Waals surface area contributed by atoms with Gasteiger partial charge in [0.05, 0.1) is 5.54 Å². The molecule has 0 aromatic heterocycles. The van der Waals surface area contributed by atoms with Crippen LogP contribution in [0.25, 0.3) is 0 Å². The van der Waals surface area contributed by atoms with Crippen LogP contribution in [0.3, 0.4) is 0 Å². The van der Waals surface area contributed by atoms with Crippen molar-refractivity contribution in [3.8, 4) is 0 Å². The Morgan fingerprint density at radius 3 is 2.67 bits per heavy atom. The van der Waals surface area contributed by atoms with E-state index in [0.29, 0.717) is 5.17 Å². The van der Waals surface area contributed by atoms with Gasteiger partial charge < -0.3 is 11.1 Å². The van der Waals surface area contributed by atoms with E-state index in [2.05, 4.69) is 17.2 Å². The van der Waals surface area contributed by atoms with E-state index in [1.165, 1.54) is 6.92 Å². The number of nitrogens with two attached hydrogens (primary N) is 1. The molecule has 0 saturated heterocycles. The molecule has 0 bridgehead atoms. The summed E-state index contributed by atoms with van der Waals surface area (Å²) < 4.78 is 0. The minimum atomic E-state index is -0.246. The van der Waals surface area contributed by atoms with Gasteiger partial charge in [-0.3, -0.25) is 9.79 Å². The van der Waals surface area contributed by atoms with Crippen LogP contribution >= 0.6 is 11.8 Å². The molecule has 96 valence electrons. The van der Waals surface area contributed by atoms with E-state index < -0.39 is 0 Å². The van der Waals surface area contributed by atoms with Crippen LogP contribution in [0.2, 0.25) is 0 Å². The molecule has 0 saturated carbocycles. The van der Waals surface area contributed by atoms with Gasteiger partial charge in [0.1, 0.15) is 0 Å². The monoisotopic (exact) mass is 263 g/mol. The first kappa shape index (κ1) is 13.0. The number of anilines is 1. The Balaban J connectivity index is 2.23. The maximum absolute atomic E-state index is 11.0. The van der Waals surface area contributed by atoms with Gasteiger partial charge in [0, 0.05) is 18.4 Å². The van der Waals surface area contributed by atoms with Crippen molar-refractivity contribution in [1.29, 1.82) is 0 Å². The number of hydrogen-bond donors (Lipinski definition) is 2. The van der Waals surface area contributed by atoms with E-state index in [-0.39, 0.29) is 11.4 Å². The molecule has 3 N–H and O–H groups in total. The van der Waals surface area contributed by atoms with Crippen LogP contribution in [-0.2, 0) is 10.3 Å². The largest absolute Gasteiger partial charge is 0.379 e. The maximum atomic E-state index is 11.0. The summed E-state index contributed by atoms with van der Waals surface area (Å²) in [5.74, 6) is 0.921. The molecule has 1 amide bonds. The smallest absolute Gasteiger partial charge is 0.221 e. The van der Waals surface area contributed by atoms with Crippen molar-refractivity contribution in [3.05, 3.63) is 29.8 Å². The third kappa shape index (κ3) is 2.85. The van der Waals surface area contributed by atoms with Gasteiger partial charge in [0.2, 0.25) is 5.91 Å². The fraction of sp³-hybridized carbons (Fsp3) is 0.385. The molecule has 1 aliphatic heterocycles. The lowest BCUT2D eigenvalue weighted by molar-refractivity contribution is -0.114. The SMILES string of the molecule is CC(=O)Nc1ccc(C2(C)CCSC(N)=N2)cc1. The van der Waals surface area contributed by atoms with Crippen LogP contribution in [0.5, 0.6) is 0 Å². The van der Waals surface area contributed by atoms with E-state index in [9.17, 15) is 4.79 Å². The lowest BCUT2D eigenvalue weighted by Gasteiger charge is -2.29. The van der Waals surface area contributed by atoms with Gasteiger partial charge in [-0.05, 0) is 31.0 Å². The topological polar surface area (TPSA) is 67.5 Å². The van der Waals surface area contributed by atoms with Gasteiger partial charge in [0.15, 0.2) is 5.17 Å². The Morgan fingerprint density at radius 2 is 2.11 bits per heavy atom. The average molecular weight is 263 g/mol. The molecule has 1 aliphatic rings. The highest BCUT2D eigenvalue weighted by molar-refractivity contribution is 8.13. The number of benzene rings is 1. The zero-order chi connectivity index (χ0) is 13.2. The van der Waals surface area contributed by atoms with Gasteiger partial charge in [-0.1, -0.05) is 23.9 Å². The molecule has 0 fully saturated rings. The fourth-order valence-corrected chi connectivity index (χ4v) is 2.99. The zero-order valence-corrected chi connectivity index (χ0v) is 11.4. The first-order valence-corrected chi connectivity index (χ1v) is 6.84. The summed E-state index contributed by atoms with van der Waals surface area (Å²) in [6.07, 6.45) is 0.970. The first-order valence-electron chi connectivity index (χ1n) is 5.86. The highest BCUT2D eigenvalue weighted by Gasteiger charge is 2.29. The number of amides is 1. The standard InChI is InChI=1S/C13H17N3OS/c1-9(17)15-11-5-3-10(4-6-11)13(2)7-8-18-12(14)16-13/h3-6H,7-8H2,1-2H3,(H2,14,16)(H,15,17). The summed E-state index contributed by atoms with van der Waals surface area (Å²) in [5.41, 5.74) is 7.48.